The van der Waals surface area contributed by atoms with Crippen LogP contribution in [0.2, 0.25) is 5.02 Å². The van der Waals surface area contributed by atoms with Crippen molar-refractivity contribution in [2.75, 3.05) is 6.61 Å². The number of imidazole rings is 1. The highest BCUT2D eigenvalue weighted by atomic mass is 35.5. The van der Waals surface area contributed by atoms with Gasteiger partial charge in [-0.15, -0.1) is 0 Å². The summed E-state index contributed by atoms with van der Waals surface area (Å²) >= 11 is 5.86. The van der Waals surface area contributed by atoms with Crippen molar-refractivity contribution in [2.24, 2.45) is 5.92 Å². The smallest absolute Gasteiger partial charge is 0.400 e. The number of carbonyl (C=O) groups excluding carboxylic acids is 1. The molecule has 36 heavy (non-hydrogen) atoms. The van der Waals surface area contributed by atoms with Crippen LogP contribution in [-0.2, 0) is 0 Å². The fourth-order valence-electron chi connectivity index (χ4n) is 3.58. The Morgan fingerprint density at radius 1 is 1.17 bits per heavy atom. The summed E-state index contributed by atoms with van der Waals surface area (Å²) in [4.78, 5) is 17.3. The first-order valence-electron chi connectivity index (χ1n) is 10.4. The zero-order valence-electron chi connectivity index (χ0n) is 18.8. The predicted octanol–water partition coefficient (Wildman–Crippen LogP) is 6.11. The molecule has 0 fully saturated rings. The minimum absolute atomic E-state index is 0.0243. The van der Waals surface area contributed by atoms with Crippen LogP contribution >= 0.6 is 11.6 Å². The van der Waals surface area contributed by atoms with E-state index in [0.29, 0.717) is 16.1 Å². The molecule has 13 heteroatoms. The molecule has 3 aromatic rings. The Bertz CT molecular complexity index is 1280. The number of aryl methyl sites for hydroxylation is 2. The molecule has 3 rings (SSSR count). The minimum atomic E-state index is -5.47. The number of ether oxygens (including phenoxy) is 1. The summed E-state index contributed by atoms with van der Waals surface area (Å²) < 4.78 is 83.5. The Kier molecular flexibility index (Phi) is 7.73. The van der Waals surface area contributed by atoms with Gasteiger partial charge >= 0.3 is 12.4 Å². The van der Waals surface area contributed by atoms with Crippen LogP contribution in [0.3, 0.4) is 0 Å². The van der Waals surface area contributed by atoms with Gasteiger partial charge in [0.1, 0.15) is 11.7 Å². The third kappa shape index (κ3) is 6.02. The van der Waals surface area contributed by atoms with Crippen molar-refractivity contribution in [2.45, 2.75) is 38.7 Å². The highest BCUT2D eigenvalue weighted by Crippen LogP contribution is 2.41. The van der Waals surface area contributed by atoms with Crippen LogP contribution in [0.15, 0.2) is 36.5 Å². The van der Waals surface area contributed by atoms with Crippen LogP contribution in [0.25, 0.3) is 5.65 Å². The molecule has 0 aliphatic heterocycles. The molecule has 1 N–H and O–H groups in total. The van der Waals surface area contributed by atoms with Crippen LogP contribution in [0.4, 0.5) is 26.3 Å². The zero-order chi connectivity index (χ0) is 26.8. The summed E-state index contributed by atoms with van der Waals surface area (Å²) in [5.74, 6) is -4.30. The van der Waals surface area contributed by atoms with Crippen LogP contribution in [-0.4, -0.2) is 34.3 Å². The number of pyridine rings is 1. The molecule has 1 aromatic carbocycles. The first-order valence-corrected chi connectivity index (χ1v) is 10.8. The highest BCUT2D eigenvalue weighted by molar-refractivity contribution is 6.30. The molecule has 2 aromatic heterocycles. The van der Waals surface area contributed by atoms with Crippen molar-refractivity contribution in [1.29, 1.82) is 5.26 Å². The molecule has 6 nitrogen and oxygen atoms in total. The Morgan fingerprint density at radius 3 is 2.33 bits per heavy atom. The van der Waals surface area contributed by atoms with Gasteiger partial charge < -0.3 is 10.1 Å². The van der Waals surface area contributed by atoms with Crippen LogP contribution < -0.4 is 10.1 Å². The average Bonchev–Trinajstić information content (AvgIpc) is 3.09. The number of halogens is 7. The van der Waals surface area contributed by atoms with E-state index >= 15 is 0 Å². The summed E-state index contributed by atoms with van der Waals surface area (Å²) in [6.07, 6.45) is -10.8. The van der Waals surface area contributed by atoms with Gasteiger partial charge in [0, 0.05) is 17.6 Å². The maximum Gasteiger partial charge on any atom is 0.400 e. The molecule has 1 atom stereocenters. The van der Waals surface area contributed by atoms with Gasteiger partial charge in [-0.05, 0) is 43.2 Å². The van der Waals surface area contributed by atoms with E-state index in [4.69, 9.17) is 16.3 Å². The second-order valence-electron chi connectivity index (χ2n) is 7.98. The summed E-state index contributed by atoms with van der Waals surface area (Å²) in [6.45, 7) is 2.21. The van der Waals surface area contributed by atoms with E-state index in [0.717, 1.165) is 0 Å². The topological polar surface area (TPSA) is 79.4 Å². The van der Waals surface area contributed by atoms with Crippen LogP contribution in [0.1, 0.15) is 39.8 Å². The van der Waals surface area contributed by atoms with Gasteiger partial charge in [-0.3, -0.25) is 9.20 Å². The van der Waals surface area contributed by atoms with E-state index in [1.54, 1.807) is 31.2 Å². The van der Waals surface area contributed by atoms with Crippen molar-refractivity contribution < 1.29 is 35.9 Å². The minimum Gasteiger partial charge on any atom is -0.490 e. The summed E-state index contributed by atoms with van der Waals surface area (Å²) in [7, 11) is 0. The molecule has 2 heterocycles. The van der Waals surface area contributed by atoms with Gasteiger partial charge in [0.05, 0.1) is 18.4 Å². The van der Waals surface area contributed by atoms with E-state index in [9.17, 15) is 36.4 Å². The van der Waals surface area contributed by atoms with E-state index in [2.05, 4.69) is 10.3 Å². The molecule has 0 saturated carbocycles. The highest BCUT2D eigenvalue weighted by Gasteiger charge is 2.56. The molecule has 0 spiro atoms. The lowest BCUT2D eigenvalue weighted by atomic mass is 10.1. The average molecular weight is 533 g/mol. The number of nitrogens with one attached hydrogen (secondary N) is 1. The number of benzene rings is 1. The summed E-state index contributed by atoms with van der Waals surface area (Å²) in [6, 6.07) is 8.60. The maximum absolute atomic E-state index is 13.1. The first-order chi connectivity index (χ1) is 16.7. The lowest BCUT2D eigenvalue weighted by Crippen LogP contribution is -2.37. The standard InChI is InChI=1S/C23H19ClF6N4O2/c1-12-9-17(36-8-7-18(22(25,26)27)23(28,29)30)20-32-13(2)19(34(20)11-12)21(35)33-16(10-31)14-3-5-15(24)6-4-14/h3-6,9,11,16,18H,7-8H2,1-2H3,(H,33,35). The van der Waals surface area contributed by atoms with E-state index < -0.39 is 43.2 Å². The van der Waals surface area contributed by atoms with Crippen molar-refractivity contribution in [3.63, 3.8) is 0 Å². The Labute approximate surface area is 206 Å². The monoisotopic (exact) mass is 532 g/mol. The molecule has 0 saturated heterocycles. The van der Waals surface area contributed by atoms with Crippen molar-refractivity contribution >= 4 is 23.2 Å². The third-order valence-corrected chi connectivity index (χ3v) is 5.53. The van der Waals surface area contributed by atoms with Gasteiger partial charge in [0.15, 0.2) is 17.3 Å². The SMILES string of the molecule is Cc1cc(OCCC(C(F)(F)F)C(F)(F)F)c2nc(C)c(C(=O)NC(C#N)c3ccc(Cl)cc3)n2c1. The van der Waals surface area contributed by atoms with E-state index in [1.807, 2.05) is 6.07 Å². The number of nitrogens with zero attached hydrogens (tertiary/aromatic N) is 3. The molecule has 1 unspecified atom stereocenters. The number of alkyl halides is 6. The lowest BCUT2D eigenvalue weighted by Gasteiger charge is -2.22. The Balaban J connectivity index is 1.87. The number of rotatable bonds is 7. The first kappa shape index (κ1) is 27.1. The fourth-order valence-corrected chi connectivity index (χ4v) is 3.71. The zero-order valence-corrected chi connectivity index (χ0v) is 19.6. The maximum atomic E-state index is 13.1. The molecular formula is C23H19ClF6N4O2. The second kappa shape index (κ2) is 10.3. The van der Waals surface area contributed by atoms with Crippen LogP contribution in [0, 0.1) is 31.1 Å². The molecule has 0 radical (unpaired) electrons. The van der Waals surface area contributed by atoms with Gasteiger partial charge in [-0.25, -0.2) is 4.98 Å². The summed E-state index contributed by atoms with van der Waals surface area (Å²) in [5.41, 5.74) is 1.24. The van der Waals surface area contributed by atoms with Crippen molar-refractivity contribution in [3.05, 3.63) is 64.1 Å². The van der Waals surface area contributed by atoms with Gasteiger partial charge in [0.25, 0.3) is 5.91 Å². The molecule has 0 aliphatic rings. The number of carbonyl (C=O) groups is 1. The van der Waals surface area contributed by atoms with Crippen molar-refractivity contribution in [3.8, 4) is 11.8 Å². The second-order valence-corrected chi connectivity index (χ2v) is 8.42. The normalized spacial score (nSPS) is 13.0. The fraction of sp³-hybridized carbons (Fsp3) is 0.348. The number of aromatic nitrogens is 2. The van der Waals surface area contributed by atoms with Gasteiger partial charge in [-0.2, -0.15) is 31.6 Å². The Morgan fingerprint density at radius 2 is 1.78 bits per heavy atom. The lowest BCUT2D eigenvalue weighted by molar-refractivity contribution is -0.286. The summed E-state index contributed by atoms with van der Waals surface area (Å²) in [5, 5.41) is 12.5. The number of amides is 1. The predicted molar refractivity (Wildman–Crippen MR) is 118 cm³/mol. The van der Waals surface area contributed by atoms with Crippen molar-refractivity contribution in [1.82, 2.24) is 14.7 Å². The molecule has 0 bridgehead atoms. The number of fused-ring (bicyclic) bond motifs is 1. The van der Waals surface area contributed by atoms with E-state index in [-0.39, 0.29) is 22.8 Å². The molecule has 1 amide bonds. The van der Waals surface area contributed by atoms with E-state index in [1.165, 1.54) is 23.6 Å². The van der Waals surface area contributed by atoms with Gasteiger partial charge in [0.2, 0.25) is 0 Å². The number of hydrogen-bond donors (Lipinski definition) is 1. The third-order valence-electron chi connectivity index (χ3n) is 5.27. The van der Waals surface area contributed by atoms with Crippen LogP contribution in [0.5, 0.6) is 5.75 Å². The Hall–Kier alpha value is -3.46. The largest absolute Gasteiger partial charge is 0.490 e. The quantitative estimate of drug-likeness (QED) is 0.372. The van der Waals surface area contributed by atoms with Gasteiger partial charge in [-0.1, -0.05) is 23.7 Å². The molecule has 192 valence electrons. The molecule has 0 aliphatic carbocycles. The number of hydrogen-bond acceptors (Lipinski definition) is 4. The molecular weight excluding hydrogens is 514 g/mol. The number of nitriles is 1.